The minimum absolute atomic E-state index is 0.321. The summed E-state index contributed by atoms with van der Waals surface area (Å²) in [6.07, 6.45) is 1.41. The highest BCUT2D eigenvalue weighted by Crippen LogP contribution is 2.32. The average molecular weight is 291 g/mol. The maximum Gasteiger partial charge on any atom is 0.150 e. The quantitative estimate of drug-likeness (QED) is 0.747. The fraction of sp³-hybridized carbons (Fsp3) is 0.143. The molecule has 2 aromatic heterocycles. The van der Waals surface area contributed by atoms with E-state index in [1.807, 2.05) is 18.4 Å². The number of anilines is 1. The van der Waals surface area contributed by atoms with Crippen molar-refractivity contribution in [1.82, 2.24) is 14.5 Å². The monoisotopic (exact) mass is 290 g/mol. The Balaban J connectivity index is 2.42. The van der Waals surface area contributed by atoms with Crippen molar-refractivity contribution in [2.45, 2.75) is 13.8 Å². The van der Waals surface area contributed by atoms with Gasteiger partial charge in [-0.2, -0.15) is 0 Å². The first-order valence-electron chi connectivity index (χ1n) is 6.04. The number of hydrogen-bond acceptors (Lipinski definition) is 3. The smallest absolute Gasteiger partial charge is 0.150 e. The van der Waals surface area contributed by atoms with E-state index in [4.69, 9.17) is 17.3 Å². The first-order chi connectivity index (χ1) is 9.50. The van der Waals surface area contributed by atoms with Gasteiger partial charge in [-0.25, -0.2) is 14.4 Å². The Morgan fingerprint density at radius 3 is 2.70 bits per heavy atom. The maximum atomic E-state index is 13.2. The zero-order chi connectivity index (χ0) is 14.4. The predicted octanol–water partition coefficient (Wildman–Crippen LogP) is 3.41. The molecule has 6 heteroatoms. The number of nitrogens with two attached hydrogens (primary N) is 1. The lowest BCUT2D eigenvalue weighted by Gasteiger charge is -2.10. The Bertz CT molecular complexity index is 826. The lowest BCUT2D eigenvalue weighted by Crippen LogP contribution is -2.00. The molecule has 0 aliphatic carbocycles. The summed E-state index contributed by atoms with van der Waals surface area (Å²) in [4.78, 5) is 8.30. The van der Waals surface area contributed by atoms with E-state index in [2.05, 4.69) is 9.97 Å². The van der Waals surface area contributed by atoms with Gasteiger partial charge in [0.1, 0.15) is 18.0 Å². The fourth-order valence-electron chi connectivity index (χ4n) is 2.38. The number of nitrogen functional groups attached to an aromatic ring is 1. The molecular formula is C14H12ClFN4. The topological polar surface area (TPSA) is 56.7 Å². The van der Waals surface area contributed by atoms with Crippen molar-refractivity contribution in [3.05, 3.63) is 46.6 Å². The molecule has 1 aromatic carbocycles. The Morgan fingerprint density at radius 1 is 1.25 bits per heavy atom. The molecule has 0 saturated heterocycles. The van der Waals surface area contributed by atoms with E-state index in [1.165, 1.54) is 18.5 Å². The lowest BCUT2D eigenvalue weighted by molar-refractivity contribution is 0.627. The van der Waals surface area contributed by atoms with Gasteiger partial charge in [-0.05, 0) is 37.6 Å². The molecule has 0 aliphatic heterocycles. The van der Waals surface area contributed by atoms with Crippen molar-refractivity contribution in [3.63, 3.8) is 0 Å². The van der Waals surface area contributed by atoms with Crippen LogP contribution < -0.4 is 5.73 Å². The number of aryl methyl sites for hydroxylation is 1. The second-order valence-electron chi connectivity index (χ2n) is 4.60. The third-order valence-corrected chi connectivity index (χ3v) is 3.77. The zero-order valence-corrected chi connectivity index (χ0v) is 11.7. The summed E-state index contributed by atoms with van der Waals surface area (Å²) in [5.74, 6) is 0.0475. The van der Waals surface area contributed by atoms with Gasteiger partial charge >= 0.3 is 0 Å². The van der Waals surface area contributed by atoms with E-state index in [1.54, 1.807) is 6.07 Å². The normalized spacial score (nSPS) is 11.2. The second-order valence-corrected chi connectivity index (χ2v) is 5.01. The van der Waals surface area contributed by atoms with Crippen LogP contribution in [0.15, 0.2) is 24.5 Å². The first kappa shape index (κ1) is 12.9. The van der Waals surface area contributed by atoms with Gasteiger partial charge < -0.3 is 5.73 Å². The molecule has 102 valence electrons. The largest absolute Gasteiger partial charge is 0.383 e. The summed E-state index contributed by atoms with van der Waals surface area (Å²) < 4.78 is 15.1. The van der Waals surface area contributed by atoms with E-state index >= 15 is 0 Å². The molecule has 0 atom stereocenters. The molecule has 0 bridgehead atoms. The number of nitrogens with zero attached hydrogens (tertiary/aromatic N) is 3. The summed E-state index contributed by atoms with van der Waals surface area (Å²) >= 11 is 6.15. The van der Waals surface area contributed by atoms with Gasteiger partial charge in [-0.15, -0.1) is 0 Å². The molecule has 4 nitrogen and oxygen atoms in total. The van der Waals surface area contributed by atoms with Crippen LogP contribution in [0.3, 0.4) is 0 Å². The highest BCUT2D eigenvalue weighted by Gasteiger charge is 2.17. The number of halogens is 2. The standard InChI is InChI=1S/C14H12ClFN4/c1-7-8(2)20(11-4-3-9(16)5-10(11)15)14-12(7)13(17)18-6-19-14/h3-6H,1-2H3,(H2,17,18,19). The highest BCUT2D eigenvalue weighted by atomic mass is 35.5. The molecule has 0 aliphatic rings. The van der Waals surface area contributed by atoms with Crippen molar-refractivity contribution >= 4 is 28.5 Å². The number of rotatable bonds is 1. The maximum absolute atomic E-state index is 13.2. The Kier molecular flexibility index (Phi) is 2.87. The molecule has 3 aromatic rings. The van der Waals surface area contributed by atoms with Gasteiger partial charge in [0.2, 0.25) is 0 Å². The molecule has 2 heterocycles. The van der Waals surface area contributed by atoms with Gasteiger partial charge in [0.25, 0.3) is 0 Å². The number of hydrogen-bond donors (Lipinski definition) is 1. The molecule has 2 N–H and O–H groups in total. The van der Waals surface area contributed by atoms with E-state index in [0.717, 1.165) is 16.6 Å². The summed E-state index contributed by atoms with van der Waals surface area (Å²) in [5.41, 5.74) is 9.19. The minimum Gasteiger partial charge on any atom is -0.383 e. The fourth-order valence-corrected chi connectivity index (χ4v) is 2.64. The zero-order valence-electron chi connectivity index (χ0n) is 11.0. The summed E-state index contributed by atoms with van der Waals surface area (Å²) in [6, 6.07) is 4.27. The average Bonchev–Trinajstić information content (AvgIpc) is 2.64. The van der Waals surface area contributed by atoms with Gasteiger partial charge in [0.15, 0.2) is 5.65 Å². The van der Waals surface area contributed by atoms with Crippen molar-refractivity contribution in [2.75, 3.05) is 5.73 Å². The SMILES string of the molecule is Cc1c(C)n(-c2ccc(F)cc2Cl)c2ncnc(N)c12. The van der Waals surface area contributed by atoms with Crippen LogP contribution in [0.4, 0.5) is 10.2 Å². The molecule has 0 amide bonds. The van der Waals surface area contributed by atoms with Crippen LogP contribution in [0.25, 0.3) is 16.7 Å². The van der Waals surface area contributed by atoms with Crippen molar-refractivity contribution < 1.29 is 4.39 Å². The third-order valence-electron chi connectivity index (χ3n) is 3.47. The van der Waals surface area contributed by atoms with E-state index in [9.17, 15) is 4.39 Å². The number of benzene rings is 1. The van der Waals surface area contributed by atoms with Crippen LogP contribution in [0.2, 0.25) is 5.02 Å². The van der Waals surface area contributed by atoms with E-state index in [0.29, 0.717) is 22.2 Å². The Hall–Kier alpha value is -2.14. The van der Waals surface area contributed by atoms with Crippen LogP contribution in [-0.2, 0) is 0 Å². The highest BCUT2D eigenvalue weighted by molar-refractivity contribution is 6.32. The van der Waals surface area contributed by atoms with Gasteiger partial charge in [0, 0.05) is 5.69 Å². The van der Waals surface area contributed by atoms with Crippen molar-refractivity contribution in [3.8, 4) is 5.69 Å². The molecule has 0 fully saturated rings. The molecule has 20 heavy (non-hydrogen) atoms. The summed E-state index contributed by atoms with van der Waals surface area (Å²) in [6.45, 7) is 3.89. The van der Waals surface area contributed by atoms with Gasteiger partial charge in [0.05, 0.1) is 16.1 Å². The predicted molar refractivity (Wildman–Crippen MR) is 77.7 cm³/mol. The van der Waals surface area contributed by atoms with Crippen molar-refractivity contribution in [2.24, 2.45) is 0 Å². The summed E-state index contributed by atoms with van der Waals surface area (Å²) in [5, 5.41) is 1.12. The summed E-state index contributed by atoms with van der Waals surface area (Å²) in [7, 11) is 0. The molecule has 0 radical (unpaired) electrons. The van der Waals surface area contributed by atoms with Crippen LogP contribution >= 0.6 is 11.6 Å². The lowest BCUT2D eigenvalue weighted by atomic mass is 10.2. The number of aromatic nitrogens is 3. The molecular weight excluding hydrogens is 279 g/mol. The number of fused-ring (bicyclic) bond motifs is 1. The van der Waals surface area contributed by atoms with Crippen LogP contribution in [0.1, 0.15) is 11.3 Å². The molecule has 0 unspecified atom stereocenters. The van der Waals surface area contributed by atoms with E-state index < -0.39 is 0 Å². The minimum atomic E-state index is -0.376. The molecule has 3 rings (SSSR count). The van der Waals surface area contributed by atoms with Crippen LogP contribution in [0.5, 0.6) is 0 Å². The molecule has 0 saturated carbocycles. The third kappa shape index (κ3) is 1.74. The molecule has 0 spiro atoms. The van der Waals surface area contributed by atoms with Gasteiger partial charge in [-0.3, -0.25) is 4.57 Å². The Morgan fingerprint density at radius 2 is 2.00 bits per heavy atom. The van der Waals surface area contributed by atoms with Crippen LogP contribution in [-0.4, -0.2) is 14.5 Å². The van der Waals surface area contributed by atoms with Crippen molar-refractivity contribution in [1.29, 1.82) is 0 Å². The Labute approximate surface area is 120 Å². The first-order valence-corrected chi connectivity index (χ1v) is 6.42. The van der Waals surface area contributed by atoms with Gasteiger partial charge in [-0.1, -0.05) is 11.6 Å². The second kappa shape index (κ2) is 4.45. The van der Waals surface area contributed by atoms with Crippen LogP contribution in [0, 0.1) is 19.7 Å². The van der Waals surface area contributed by atoms with E-state index in [-0.39, 0.29) is 5.82 Å².